The summed E-state index contributed by atoms with van der Waals surface area (Å²) in [6, 6.07) is 31.1. The number of benzene rings is 4. The maximum atomic E-state index is 12.5. The molecule has 4 aromatic carbocycles. The third-order valence-electron chi connectivity index (χ3n) is 10.7. The highest BCUT2D eigenvalue weighted by molar-refractivity contribution is 7.97. The molecule has 0 bridgehead atoms. The second kappa shape index (κ2) is 16.8. The Morgan fingerprint density at radius 3 is 1.10 bits per heavy atom. The lowest BCUT2D eigenvalue weighted by molar-refractivity contribution is 0.443. The molecule has 0 aliphatic heterocycles. The van der Waals surface area contributed by atoms with Crippen LogP contribution in [0.5, 0.6) is 0 Å². The molecule has 0 aromatic heterocycles. The molecule has 3 nitrogen and oxygen atoms in total. The first-order valence-electron chi connectivity index (χ1n) is 18.2. The Bertz CT molecular complexity index is 1590. The van der Waals surface area contributed by atoms with Crippen molar-refractivity contribution in [1.29, 1.82) is 0 Å². The number of hydrogen-bond acceptors (Lipinski definition) is 3. The van der Waals surface area contributed by atoms with Crippen molar-refractivity contribution < 1.29 is 21.8 Å². The van der Waals surface area contributed by atoms with E-state index >= 15 is 0 Å². The van der Waals surface area contributed by atoms with Crippen LogP contribution in [0.25, 0.3) is 0 Å². The molecule has 3 fully saturated rings. The summed E-state index contributed by atoms with van der Waals surface area (Å²) in [5.41, 5.74) is 4.69. The van der Waals surface area contributed by atoms with Gasteiger partial charge in [0.2, 0.25) is 0 Å². The average Bonchev–Trinajstić information content (AvgIpc) is 3.13. The summed E-state index contributed by atoms with van der Waals surface area (Å²) in [4.78, 5) is 3.37. The summed E-state index contributed by atoms with van der Waals surface area (Å²) in [5.74, 6) is 0.0160. The Hall–Kier alpha value is -3.00. The number of rotatable bonds is 7. The van der Waals surface area contributed by atoms with E-state index in [4.69, 9.17) is 0 Å². The van der Waals surface area contributed by atoms with E-state index in [0.29, 0.717) is 18.2 Å². The first-order valence-corrected chi connectivity index (χ1v) is 20.8. The van der Waals surface area contributed by atoms with Crippen molar-refractivity contribution in [3.05, 3.63) is 119 Å². The van der Waals surface area contributed by atoms with Crippen LogP contribution in [0.15, 0.2) is 111 Å². The Morgan fingerprint density at radius 2 is 0.816 bits per heavy atom. The van der Waals surface area contributed by atoms with E-state index in [-0.39, 0.29) is 10.9 Å². The van der Waals surface area contributed by atoms with Gasteiger partial charge in [-0.05, 0) is 121 Å². The van der Waals surface area contributed by atoms with E-state index in [1.165, 1.54) is 111 Å². The van der Waals surface area contributed by atoms with Gasteiger partial charge in [0.25, 0.3) is 0 Å². The molecule has 0 spiro atoms. The van der Waals surface area contributed by atoms with E-state index in [9.17, 15) is 21.8 Å². The van der Waals surface area contributed by atoms with Crippen molar-refractivity contribution in [2.45, 2.75) is 134 Å². The molecule has 3 aliphatic carbocycles. The number of hydrogen-bond donors (Lipinski definition) is 0. The molecular formula is C42H48F2O3S2. The molecule has 0 atom stereocenters. The van der Waals surface area contributed by atoms with Crippen LogP contribution in [-0.2, 0) is 21.0 Å². The van der Waals surface area contributed by atoms with E-state index in [1.807, 2.05) is 0 Å². The second-order valence-electron chi connectivity index (χ2n) is 14.0. The summed E-state index contributed by atoms with van der Waals surface area (Å²) in [7, 11) is -4.90. The molecule has 0 unspecified atom stereocenters. The second-order valence-corrected chi connectivity index (χ2v) is 17.4. The molecule has 7 heteroatoms. The van der Waals surface area contributed by atoms with E-state index in [1.54, 1.807) is 16.7 Å². The summed E-state index contributed by atoms with van der Waals surface area (Å²) in [6.45, 7) is 0. The molecule has 49 heavy (non-hydrogen) atoms. The summed E-state index contributed by atoms with van der Waals surface area (Å²) < 4.78 is 55.5. The first kappa shape index (κ1) is 35.8. The monoisotopic (exact) mass is 702 g/mol. The minimum absolute atomic E-state index is 0.0542. The van der Waals surface area contributed by atoms with Crippen molar-refractivity contribution in [3.63, 3.8) is 0 Å². The van der Waals surface area contributed by atoms with Crippen LogP contribution in [-0.4, -0.2) is 13.0 Å². The van der Waals surface area contributed by atoms with Crippen LogP contribution in [0.2, 0.25) is 0 Å². The fraction of sp³-hybridized carbons (Fsp3) is 0.429. The van der Waals surface area contributed by atoms with Gasteiger partial charge < -0.3 is 4.55 Å². The van der Waals surface area contributed by atoms with Crippen LogP contribution >= 0.6 is 0 Å². The third-order valence-corrected chi connectivity index (χ3v) is 13.8. The highest BCUT2D eigenvalue weighted by Gasteiger charge is 2.30. The lowest BCUT2D eigenvalue weighted by Crippen LogP contribution is -2.09. The van der Waals surface area contributed by atoms with E-state index in [0.717, 1.165) is 17.8 Å². The lowest BCUT2D eigenvalue weighted by Gasteiger charge is -2.23. The quantitative estimate of drug-likeness (QED) is 0.142. The molecule has 260 valence electrons. The van der Waals surface area contributed by atoms with Gasteiger partial charge in [-0.2, -0.15) is 0 Å². The molecule has 0 radical (unpaired) electrons. The normalized spacial score (nSPS) is 18.2. The summed E-state index contributed by atoms with van der Waals surface area (Å²) in [6.07, 6.45) is 20.9. The van der Waals surface area contributed by atoms with Gasteiger partial charge in [0.15, 0.2) is 14.7 Å². The van der Waals surface area contributed by atoms with Crippen molar-refractivity contribution >= 4 is 21.0 Å². The zero-order valence-corrected chi connectivity index (χ0v) is 29.9. The van der Waals surface area contributed by atoms with Crippen molar-refractivity contribution in [1.82, 2.24) is 0 Å². The van der Waals surface area contributed by atoms with Crippen molar-refractivity contribution in [2.24, 2.45) is 0 Å². The van der Waals surface area contributed by atoms with Crippen LogP contribution in [0.1, 0.15) is 131 Å². The predicted molar refractivity (Wildman–Crippen MR) is 193 cm³/mol. The number of halogens is 2. The SMILES string of the molecule is O=S(=O)([O-])c1ccc(F)cc1F.c1cc([S+](c2ccc(C3CCCCC3)cc2)c2ccc(C3CCCCC3)cc2)ccc1C1CCCCC1. The van der Waals surface area contributed by atoms with Crippen LogP contribution in [0.3, 0.4) is 0 Å². The minimum atomic E-state index is -4.84. The minimum Gasteiger partial charge on any atom is -0.744 e. The Morgan fingerprint density at radius 1 is 0.490 bits per heavy atom. The Kier molecular flexibility index (Phi) is 12.3. The lowest BCUT2D eigenvalue weighted by atomic mass is 9.84. The van der Waals surface area contributed by atoms with Crippen molar-refractivity contribution in [3.8, 4) is 0 Å². The zero-order chi connectivity index (χ0) is 34.2. The largest absolute Gasteiger partial charge is 0.744 e. The molecular weight excluding hydrogens is 655 g/mol. The highest BCUT2D eigenvalue weighted by atomic mass is 32.2. The molecule has 7 rings (SSSR count). The van der Waals surface area contributed by atoms with Gasteiger partial charge in [-0.25, -0.2) is 17.2 Å². The highest BCUT2D eigenvalue weighted by Crippen LogP contribution is 2.39. The van der Waals surface area contributed by atoms with E-state index in [2.05, 4.69) is 72.8 Å². The standard InChI is InChI=1S/C36H45S.C6H4F2O3S/c1-4-10-28(11-5-1)31-16-22-34(23-17-31)37(35-24-18-32(19-25-35)29-12-6-2-7-13-29)36-26-20-33(21-27-36)30-14-8-3-9-15-30;7-4-1-2-6(5(8)3-4)12(9,10)11/h16-30H,1-15H2;1-3H,(H,9,10,11)/q+1;/p-1. The topological polar surface area (TPSA) is 57.2 Å². The van der Waals surface area contributed by atoms with Crippen LogP contribution < -0.4 is 0 Å². The first-order chi connectivity index (χ1) is 23.8. The fourth-order valence-corrected chi connectivity index (χ4v) is 10.6. The molecule has 0 N–H and O–H groups in total. The zero-order valence-electron chi connectivity index (χ0n) is 28.3. The average molecular weight is 703 g/mol. The molecule has 0 amide bonds. The molecule has 3 aliphatic rings. The van der Waals surface area contributed by atoms with Gasteiger partial charge >= 0.3 is 0 Å². The summed E-state index contributed by atoms with van der Waals surface area (Å²) in [5, 5.41) is 0. The van der Waals surface area contributed by atoms with Gasteiger partial charge in [0.05, 0.1) is 15.8 Å². The van der Waals surface area contributed by atoms with Gasteiger partial charge in [0, 0.05) is 6.07 Å². The fourth-order valence-electron chi connectivity index (χ4n) is 8.02. The van der Waals surface area contributed by atoms with Gasteiger partial charge in [-0.1, -0.05) is 94.2 Å². The van der Waals surface area contributed by atoms with Crippen LogP contribution in [0, 0.1) is 11.6 Å². The third kappa shape index (κ3) is 9.42. The van der Waals surface area contributed by atoms with Crippen molar-refractivity contribution in [2.75, 3.05) is 0 Å². The van der Waals surface area contributed by atoms with Gasteiger partial charge in [-0.3, -0.25) is 0 Å². The maximum Gasteiger partial charge on any atom is 0.166 e. The van der Waals surface area contributed by atoms with Gasteiger partial charge in [0.1, 0.15) is 21.8 Å². The Balaban J connectivity index is 0.000000295. The van der Waals surface area contributed by atoms with Gasteiger partial charge in [-0.15, -0.1) is 0 Å². The summed E-state index contributed by atoms with van der Waals surface area (Å²) >= 11 is 0. The predicted octanol–water partition coefficient (Wildman–Crippen LogP) is 11.8. The molecule has 0 saturated heterocycles. The van der Waals surface area contributed by atoms with Crippen LogP contribution in [0.4, 0.5) is 8.78 Å². The molecule has 3 saturated carbocycles. The Labute approximate surface area is 294 Å². The smallest absolute Gasteiger partial charge is 0.166 e. The molecule has 0 heterocycles. The maximum absolute atomic E-state index is 12.5. The molecule has 4 aromatic rings. The van der Waals surface area contributed by atoms with E-state index < -0.39 is 26.6 Å².